The molecule has 1 aliphatic heterocycles. The van der Waals surface area contributed by atoms with Gasteiger partial charge in [0.15, 0.2) is 8.32 Å². The molecular formula is C25H33BrN6O2Si. The molecule has 2 heterocycles. The summed E-state index contributed by atoms with van der Waals surface area (Å²) in [6, 6.07) is 8.19. The molecule has 8 nitrogen and oxygen atoms in total. The Kier molecular flexibility index (Phi) is 8.55. The third kappa shape index (κ3) is 6.59. The van der Waals surface area contributed by atoms with E-state index in [1.165, 1.54) is 0 Å². The van der Waals surface area contributed by atoms with Gasteiger partial charge in [-0.25, -0.2) is 4.98 Å². The first kappa shape index (κ1) is 27.1. The zero-order chi connectivity index (χ0) is 25.8. The fraction of sp³-hybridized carbons (Fsp3) is 0.520. The molecule has 0 radical (unpaired) electrons. The van der Waals surface area contributed by atoms with Crippen molar-refractivity contribution in [2.24, 2.45) is 5.92 Å². The first-order chi connectivity index (χ1) is 16.4. The SMILES string of the molecule is Cc1cnc(Nc2cc(C#N)c(Br)c(CO[Si](C)(C)C(C)(C)C)c2)nc1NC1COCCC1C#N. The van der Waals surface area contributed by atoms with Gasteiger partial charge in [0.25, 0.3) is 0 Å². The minimum absolute atomic E-state index is 0.0838. The van der Waals surface area contributed by atoms with Crippen molar-refractivity contribution in [3.8, 4) is 12.1 Å². The van der Waals surface area contributed by atoms with Gasteiger partial charge in [-0.05, 0) is 65.1 Å². The van der Waals surface area contributed by atoms with Crippen molar-refractivity contribution >= 4 is 41.7 Å². The highest BCUT2D eigenvalue weighted by molar-refractivity contribution is 9.10. The summed E-state index contributed by atoms with van der Waals surface area (Å²) in [4.78, 5) is 9.05. The molecule has 1 aromatic heterocycles. The van der Waals surface area contributed by atoms with Crippen LogP contribution in [0, 0.1) is 35.5 Å². The summed E-state index contributed by atoms with van der Waals surface area (Å²) < 4.78 is 12.7. The molecule has 0 amide bonds. The van der Waals surface area contributed by atoms with Gasteiger partial charge in [0.05, 0.1) is 36.8 Å². The van der Waals surface area contributed by atoms with Gasteiger partial charge in [-0.2, -0.15) is 15.5 Å². The zero-order valence-corrected chi connectivity index (χ0v) is 23.8. The second-order valence-electron chi connectivity index (χ2n) is 10.4. The molecule has 2 aromatic rings. The van der Waals surface area contributed by atoms with Gasteiger partial charge in [0, 0.05) is 28.5 Å². The van der Waals surface area contributed by atoms with Crippen LogP contribution in [0.5, 0.6) is 0 Å². The van der Waals surface area contributed by atoms with Gasteiger partial charge in [0.1, 0.15) is 11.9 Å². The highest BCUT2D eigenvalue weighted by atomic mass is 79.9. The summed E-state index contributed by atoms with van der Waals surface area (Å²) in [5.74, 6) is 0.908. The Hall–Kier alpha value is -2.50. The predicted octanol–water partition coefficient (Wildman–Crippen LogP) is 6.03. The quantitative estimate of drug-likeness (QED) is 0.397. The van der Waals surface area contributed by atoms with Crippen LogP contribution in [0.3, 0.4) is 0 Å². The van der Waals surface area contributed by atoms with Crippen molar-refractivity contribution < 1.29 is 9.16 Å². The first-order valence-corrected chi connectivity index (χ1v) is 15.4. The average Bonchev–Trinajstić information content (AvgIpc) is 2.81. The number of nitrogens with one attached hydrogen (secondary N) is 2. The van der Waals surface area contributed by atoms with Gasteiger partial charge in [-0.1, -0.05) is 20.8 Å². The van der Waals surface area contributed by atoms with E-state index in [2.05, 4.69) is 82.5 Å². The molecule has 186 valence electrons. The summed E-state index contributed by atoms with van der Waals surface area (Å²) in [6.07, 6.45) is 2.42. The molecule has 0 saturated carbocycles. The summed E-state index contributed by atoms with van der Waals surface area (Å²) in [6.45, 7) is 14.4. The third-order valence-corrected chi connectivity index (χ3v) is 12.2. The van der Waals surface area contributed by atoms with E-state index in [-0.39, 0.29) is 17.0 Å². The van der Waals surface area contributed by atoms with Crippen LogP contribution in [0.2, 0.25) is 18.1 Å². The average molecular weight is 558 g/mol. The van der Waals surface area contributed by atoms with Gasteiger partial charge in [0.2, 0.25) is 5.95 Å². The van der Waals surface area contributed by atoms with Crippen molar-refractivity contribution in [3.63, 3.8) is 0 Å². The van der Waals surface area contributed by atoms with Gasteiger partial charge in [-0.15, -0.1) is 0 Å². The number of nitrogens with zero attached hydrogens (tertiary/aromatic N) is 4. The van der Waals surface area contributed by atoms with E-state index in [1.807, 2.05) is 13.0 Å². The lowest BCUT2D eigenvalue weighted by atomic mass is 9.96. The van der Waals surface area contributed by atoms with Crippen LogP contribution in [0.15, 0.2) is 22.8 Å². The number of anilines is 3. The summed E-state index contributed by atoms with van der Waals surface area (Å²) in [7, 11) is -1.96. The van der Waals surface area contributed by atoms with Crippen molar-refractivity contribution in [2.45, 2.75) is 64.9 Å². The van der Waals surface area contributed by atoms with Crippen LogP contribution in [0.4, 0.5) is 17.5 Å². The number of aryl methyl sites for hydroxylation is 1. The molecule has 0 spiro atoms. The van der Waals surface area contributed by atoms with Gasteiger partial charge >= 0.3 is 0 Å². The monoisotopic (exact) mass is 556 g/mol. The van der Waals surface area contributed by atoms with Crippen LogP contribution < -0.4 is 10.6 Å². The number of rotatable bonds is 7. The number of ether oxygens (including phenoxy) is 1. The molecule has 1 aliphatic rings. The summed E-state index contributed by atoms with van der Waals surface area (Å²) in [5, 5.41) is 25.8. The lowest BCUT2D eigenvalue weighted by Gasteiger charge is -2.36. The number of benzene rings is 1. The standard InChI is InChI=1S/C25H33BrN6O2Si/c1-16-13-29-24(32-23(16)31-21-15-33-8-7-17(21)11-27)30-20-9-18(12-28)22(26)19(10-20)14-34-35(5,6)25(2,3)4/h9-10,13,17,21H,7-8,14-15H2,1-6H3,(H2,29,30,31,32). The van der Waals surface area contributed by atoms with E-state index in [4.69, 9.17) is 9.16 Å². The normalized spacial score (nSPS) is 18.4. The highest BCUT2D eigenvalue weighted by Gasteiger charge is 2.37. The second kappa shape index (κ2) is 11.0. The molecule has 1 saturated heterocycles. The van der Waals surface area contributed by atoms with Crippen molar-refractivity contribution in [2.75, 3.05) is 23.8 Å². The van der Waals surface area contributed by atoms with Crippen LogP contribution in [0.1, 0.15) is 43.9 Å². The van der Waals surface area contributed by atoms with E-state index in [1.54, 1.807) is 12.3 Å². The molecule has 10 heteroatoms. The maximum absolute atomic E-state index is 9.68. The topological polar surface area (TPSA) is 116 Å². The number of halogens is 1. The molecule has 35 heavy (non-hydrogen) atoms. The molecule has 0 aliphatic carbocycles. The van der Waals surface area contributed by atoms with E-state index >= 15 is 0 Å². The predicted molar refractivity (Wildman–Crippen MR) is 143 cm³/mol. The molecule has 0 bridgehead atoms. The van der Waals surface area contributed by atoms with Crippen LogP contribution in [-0.2, 0) is 15.8 Å². The maximum Gasteiger partial charge on any atom is 0.229 e. The van der Waals surface area contributed by atoms with Gasteiger partial charge < -0.3 is 19.8 Å². The van der Waals surface area contributed by atoms with Crippen LogP contribution >= 0.6 is 15.9 Å². The molecule has 2 N–H and O–H groups in total. The molecule has 2 atom stereocenters. The number of hydrogen-bond donors (Lipinski definition) is 2. The minimum Gasteiger partial charge on any atom is -0.413 e. The number of aromatic nitrogens is 2. The van der Waals surface area contributed by atoms with Crippen molar-refractivity contribution in [3.05, 3.63) is 39.5 Å². The summed E-state index contributed by atoms with van der Waals surface area (Å²) >= 11 is 3.57. The van der Waals surface area contributed by atoms with Gasteiger partial charge in [-0.3, -0.25) is 0 Å². The second-order valence-corrected chi connectivity index (χ2v) is 16.0. The molecular weight excluding hydrogens is 524 g/mol. The zero-order valence-electron chi connectivity index (χ0n) is 21.2. The Labute approximate surface area is 217 Å². The smallest absolute Gasteiger partial charge is 0.229 e. The molecule has 3 rings (SSSR count). The highest BCUT2D eigenvalue weighted by Crippen LogP contribution is 2.38. The summed E-state index contributed by atoms with van der Waals surface area (Å²) in [5.41, 5.74) is 2.96. The lowest BCUT2D eigenvalue weighted by molar-refractivity contribution is 0.0698. The molecule has 1 fully saturated rings. The van der Waals surface area contributed by atoms with Crippen LogP contribution in [0.25, 0.3) is 0 Å². The largest absolute Gasteiger partial charge is 0.413 e. The third-order valence-electron chi connectivity index (χ3n) is 6.74. The Morgan fingerprint density at radius 3 is 2.69 bits per heavy atom. The maximum atomic E-state index is 9.68. The Morgan fingerprint density at radius 1 is 1.29 bits per heavy atom. The Balaban J connectivity index is 1.83. The first-order valence-electron chi connectivity index (χ1n) is 11.7. The fourth-order valence-electron chi connectivity index (χ4n) is 3.41. The molecule has 2 unspecified atom stereocenters. The fourth-order valence-corrected chi connectivity index (χ4v) is 4.79. The van der Waals surface area contributed by atoms with Crippen molar-refractivity contribution in [1.82, 2.24) is 9.97 Å². The Bertz CT molecular complexity index is 1150. The Morgan fingerprint density at radius 2 is 2.03 bits per heavy atom. The van der Waals surface area contributed by atoms with E-state index in [0.717, 1.165) is 15.6 Å². The van der Waals surface area contributed by atoms with E-state index < -0.39 is 8.32 Å². The minimum atomic E-state index is -1.96. The van der Waals surface area contributed by atoms with E-state index in [0.29, 0.717) is 49.3 Å². The van der Waals surface area contributed by atoms with Crippen molar-refractivity contribution in [1.29, 1.82) is 10.5 Å². The molecule has 1 aromatic carbocycles. The van der Waals surface area contributed by atoms with Crippen LogP contribution in [-0.4, -0.2) is 37.5 Å². The number of nitriles is 2. The van der Waals surface area contributed by atoms with E-state index in [9.17, 15) is 10.5 Å². The lowest BCUT2D eigenvalue weighted by Crippen LogP contribution is -2.40. The number of hydrogen-bond acceptors (Lipinski definition) is 8.